The molecule has 4 nitrogen and oxygen atoms in total. The van der Waals surface area contributed by atoms with E-state index in [0.717, 1.165) is 26.2 Å². The van der Waals surface area contributed by atoms with Gasteiger partial charge in [0, 0.05) is 38.1 Å². The third-order valence-corrected chi connectivity index (χ3v) is 3.18. The third-order valence-electron chi connectivity index (χ3n) is 3.18. The largest absolute Gasteiger partial charge is 0.337 e. The molecule has 1 rings (SSSR count). The smallest absolute Gasteiger partial charge is 0.224 e. The molecule has 1 aliphatic heterocycles. The minimum Gasteiger partial charge on any atom is -0.337 e. The minimum absolute atomic E-state index is 0.282. The number of carbonyl (C=O) groups is 1. The van der Waals surface area contributed by atoms with Gasteiger partial charge in [-0.15, -0.1) is 0 Å². The van der Waals surface area contributed by atoms with E-state index in [2.05, 4.69) is 38.0 Å². The molecule has 1 aliphatic rings. The van der Waals surface area contributed by atoms with Crippen LogP contribution in [0.25, 0.3) is 0 Å². The standard InChI is InChI=1S/C12H25N3O/c1-5-13-10(2)8-12(16)15-7-6-14(4)9-11(15)3/h10-11,13H,5-9H2,1-4H3. The monoisotopic (exact) mass is 227 g/mol. The van der Waals surface area contributed by atoms with Crippen LogP contribution >= 0.6 is 0 Å². The Balaban J connectivity index is 2.41. The molecule has 0 saturated carbocycles. The maximum Gasteiger partial charge on any atom is 0.224 e. The average Bonchev–Trinajstić information content (AvgIpc) is 2.17. The molecule has 16 heavy (non-hydrogen) atoms. The normalized spacial score (nSPS) is 24.5. The summed E-state index contributed by atoms with van der Waals surface area (Å²) in [5, 5.41) is 3.28. The molecule has 0 bridgehead atoms. The molecular formula is C12H25N3O. The van der Waals surface area contributed by atoms with E-state index in [1.54, 1.807) is 0 Å². The molecule has 1 heterocycles. The Kier molecular flexibility index (Phi) is 5.22. The van der Waals surface area contributed by atoms with Gasteiger partial charge in [-0.2, -0.15) is 0 Å². The molecule has 94 valence electrons. The minimum atomic E-state index is 0.282. The lowest BCUT2D eigenvalue weighted by atomic mass is 10.1. The summed E-state index contributed by atoms with van der Waals surface area (Å²) in [5.41, 5.74) is 0. The Morgan fingerprint density at radius 1 is 1.50 bits per heavy atom. The average molecular weight is 227 g/mol. The number of hydrogen-bond acceptors (Lipinski definition) is 3. The third kappa shape index (κ3) is 3.76. The zero-order valence-electron chi connectivity index (χ0n) is 11.0. The molecule has 1 N–H and O–H groups in total. The molecule has 0 radical (unpaired) electrons. The van der Waals surface area contributed by atoms with Gasteiger partial charge in [0.05, 0.1) is 0 Å². The quantitative estimate of drug-likeness (QED) is 0.761. The van der Waals surface area contributed by atoms with Crippen molar-refractivity contribution in [1.82, 2.24) is 15.1 Å². The van der Waals surface area contributed by atoms with Crippen LogP contribution in [0.3, 0.4) is 0 Å². The molecular weight excluding hydrogens is 202 g/mol. The van der Waals surface area contributed by atoms with Crippen LogP contribution in [0.1, 0.15) is 27.2 Å². The van der Waals surface area contributed by atoms with Gasteiger partial charge in [0.25, 0.3) is 0 Å². The van der Waals surface area contributed by atoms with Crippen LogP contribution in [-0.2, 0) is 4.79 Å². The molecule has 2 atom stereocenters. The summed E-state index contributed by atoms with van der Waals surface area (Å²) < 4.78 is 0. The van der Waals surface area contributed by atoms with E-state index < -0.39 is 0 Å². The van der Waals surface area contributed by atoms with Gasteiger partial charge >= 0.3 is 0 Å². The number of nitrogens with one attached hydrogen (secondary N) is 1. The second-order valence-corrected chi connectivity index (χ2v) is 4.86. The molecule has 0 aromatic rings. The molecule has 0 spiro atoms. The molecule has 0 aliphatic carbocycles. The van der Waals surface area contributed by atoms with Crippen LogP contribution in [0.15, 0.2) is 0 Å². The van der Waals surface area contributed by atoms with Crippen LogP contribution in [0.5, 0.6) is 0 Å². The van der Waals surface area contributed by atoms with Crippen molar-refractivity contribution >= 4 is 5.91 Å². The van der Waals surface area contributed by atoms with E-state index in [4.69, 9.17) is 0 Å². The van der Waals surface area contributed by atoms with Crippen molar-refractivity contribution in [2.24, 2.45) is 0 Å². The lowest BCUT2D eigenvalue weighted by molar-refractivity contribution is -0.135. The van der Waals surface area contributed by atoms with Crippen molar-refractivity contribution in [3.8, 4) is 0 Å². The molecule has 1 fully saturated rings. The van der Waals surface area contributed by atoms with Gasteiger partial charge in [0.2, 0.25) is 5.91 Å². The highest BCUT2D eigenvalue weighted by Gasteiger charge is 2.26. The first-order chi connectivity index (χ1) is 7.54. The van der Waals surface area contributed by atoms with Crippen LogP contribution < -0.4 is 5.32 Å². The fourth-order valence-electron chi connectivity index (χ4n) is 2.31. The Labute approximate surface area is 99.0 Å². The van der Waals surface area contributed by atoms with Crippen LogP contribution in [0, 0.1) is 0 Å². The Bertz CT molecular complexity index is 232. The Morgan fingerprint density at radius 2 is 2.19 bits per heavy atom. The summed E-state index contributed by atoms with van der Waals surface area (Å²) in [4.78, 5) is 16.4. The van der Waals surface area contributed by atoms with Gasteiger partial charge in [-0.25, -0.2) is 0 Å². The van der Waals surface area contributed by atoms with Crippen LogP contribution in [-0.4, -0.2) is 61.0 Å². The van der Waals surface area contributed by atoms with Crippen molar-refractivity contribution in [3.05, 3.63) is 0 Å². The zero-order chi connectivity index (χ0) is 12.1. The SMILES string of the molecule is CCNC(C)CC(=O)N1CCN(C)CC1C. The number of hydrogen-bond donors (Lipinski definition) is 1. The number of carbonyl (C=O) groups excluding carboxylic acids is 1. The van der Waals surface area contributed by atoms with Gasteiger partial charge in [0.15, 0.2) is 0 Å². The van der Waals surface area contributed by atoms with Gasteiger partial charge in [-0.3, -0.25) is 4.79 Å². The van der Waals surface area contributed by atoms with E-state index in [1.165, 1.54) is 0 Å². The maximum absolute atomic E-state index is 12.1. The van der Waals surface area contributed by atoms with Crippen LogP contribution in [0.4, 0.5) is 0 Å². The predicted octanol–water partition coefficient (Wildman–Crippen LogP) is 0.537. The first-order valence-corrected chi connectivity index (χ1v) is 6.26. The van der Waals surface area contributed by atoms with E-state index in [1.807, 2.05) is 4.90 Å². The molecule has 1 saturated heterocycles. The molecule has 0 aromatic heterocycles. The van der Waals surface area contributed by atoms with Gasteiger partial charge in [-0.05, 0) is 27.4 Å². The summed E-state index contributed by atoms with van der Waals surface area (Å²) in [6.07, 6.45) is 0.613. The van der Waals surface area contributed by atoms with Gasteiger partial charge < -0.3 is 15.1 Å². The van der Waals surface area contributed by atoms with Gasteiger partial charge in [0.1, 0.15) is 0 Å². The van der Waals surface area contributed by atoms with Crippen molar-refractivity contribution in [3.63, 3.8) is 0 Å². The second-order valence-electron chi connectivity index (χ2n) is 4.86. The first kappa shape index (κ1) is 13.5. The van der Waals surface area contributed by atoms with E-state index >= 15 is 0 Å². The Hall–Kier alpha value is -0.610. The summed E-state index contributed by atoms with van der Waals surface area (Å²) >= 11 is 0. The van der Waals surface area contributed by atoms with E-state index in [9.17, 15) is 4.79 Å². The highest BCUT2D eigenvalue weighted by molar-refractivity contribution is 5.77. The van der Waals surface area contributed by atoms with Crippen molar-refractivity contribution in [2.45, 2.75) is 39.3 Å². The summed E-state index contributed by atoms with van der Waals surface area (Å²) in [6.45, 7) is 10.0. The highest BCUT2D eigenvalue weighted by atomic mass is 16.2. The summed E-state index contributed by atoms with van der Waals surface area (Å²) in [5.74, 6) is 0.286. The second kappa shape index (κ2) is 6.21. The molecule has 4 heteroatoms. The first-order valence-electron chi connectivity index (χ1n) is 6.26. The van der Waals surface area contributed by atoms with Crippen molar-refractivity contribution in [2.75, 3.05) is 33.2 Å². The topological polar surface area (TPSA) is 35.6 Å². The predicted molar refractivity (Wildman–Crippen MR) is 66.4 cm³/mol. The number of nitrogens with zero attached hydrogens (tertiary/aromatic N) is 2. The summed E-state index contributed by atoms with van der Waals surface area (Å²) in [7, 11) is 2.11. The zero-order valence-corrected chi connectivity index (χ0v) is 11.0. The maximum atomic E-state index is 12.1. The number of piperazine rings is 1. The lowest BCUT2D eigenvalue weighted by Crippen LogP contribution is -2.53. The Morgan fingerprint density at radius 3 is 2.75 bits per heavy atom. The molecule has 0 aromatic carbocycles. The molecule has 1 amide bonds. The lowest BCUT2D eigenvalue weighted by Gasteiger charge is -2.38. The fourth-order valence-corrected chi connectivity index (χ4v) is 2.31. The molecule has 2 unspecified atom stereocenters. The van der Waals surface area contributed by atoms with Gasteiger partial charge in [-0.1, -0.05) is 6.92 Å². The summed E-state index contributed by atoms with van der Waals surface area (Å²) in [6, 6.07) is 0.629. The number of amides is 1. The van der Waals surface area contributed by atoms with E-state index in [-0.39, 0.29) is 11.9 Å². The highest BCUT2D eigenvalue weighted by Crippen LogP contribution is 2.10. The van der Waals surface area contributed by atoms with Crippen molar-refractivity contribution in [1.29, 1.82) is 0 Å². The fraction of sp³-hybridized carbons (Fsp3) is 0.917. The number of rotatable bonds is 4. The number of likely N-dealkylation sites (N-methyl/N-ethyl adjacent to an activating group) is 1. The van der Waals surface area contributed by atoms with Crippen molar-refractivity contribution < 1.29 is 4.79 Å². The van der Waals surface area contributed by atoms with E-state index in [0.29, 0.717) is 12.5 Å². The van der Waals surface area contributed by atoms with Crippen LogP contribution in [0.2, 0.25) is 0 Å².